The number of nitrogens with one attached hydrogen (secondary N) is 1. The second-order valence-corrected chi connectivity index (χ2v) is 7.36. The monoisotopic (exact) mass is 430 g/mol. The number of ketones is 1. The van der Waals surface area contributed by atoms with E-state index in [-0.39, 0.29) is 37.4 Å². The molecule has 2 aromatic rings. The summed E-state index contributed by atoms with van der Waals surface area (Å²) in [6, 6.07) is 9.95. The summed E-state index contributed by atoms with van der Waals surface area (Å²) in [5, 5.41) is 3.34. The summed E-state index contributed by atoms with van der Waals surface area (Å²) in [4.78, 5) is 38.4. The zero-order valence-corrected chi connectivity index (χ0v) is 17.6. The van der Waals surface area contributed by atoms with Crippen LogP contribution in [0.1, 0.15) is 29.3 Å². The van der Waals surface area contributed by atoms with Crippen LogP contribution in [-0.2, 0) is 9.59 Å². The summed E-state index contributed by atoms with van der Waals surface area (Å²) in [6.45, 7) is 3.86. The number of amides is 2. The normalized spacial score (nSPS) is 12.8. The number of rotatable bonds is 8. The quantitative estimate of drug-likeness (QED) is 0.650. The topological polar surface area (TPSA) is 84.9 Å². The van der Waals surface area contributed by atoms with E-state index in [4.69, 9.17) is 21.1 Å². The minimum absolute atomic E-state index is 0.132. The van der Waals surface area contributed by atoms with Crippen molar-refractivity contribution in [2.75, 3.05) is 31.2 Å². The Kier molecular flexibility index (Phi) is 6.95. The maximum Gasteiger partial charge on any atom is 0.265 e. The minimum Gasteiger partial charge on any atom is -0.485 e. The molecular formula is C22H23ClN2O5. The molecule has 0 saturated heterocycles. The van der Waals surface area contributed by atoms with E-state index in [0.717, 1.165) is 12.0 Å². The Hall–Kier alpha value is -3.06. The molecule has 8 heteroatoms. The first-order valence-electron chi connectivity index (χ1n) is 9.65. The first-order chi connectivity index (χ1) is 14.4. The van der Waals surface area contributed by atoms with E-state index < -0.39 is 0 Å². The van der Waals surface area contributed by atoms with Crippen molar-refractivity contribution in [3.05, 3.63) is 52.5 Å². The van der Waals surface area contributed by atoms with Gasteiger partial charge in [0.15, 0.2) is 19.0 Å². The third kappa shape index (κ3) is 5.10. The number of hydrogen-bond donors (Lipinski definition) is 1. The van der Waals surface area contributed by atoms with Crippen molar-refractivity contribution < 1.29 is 23.9 Å². The molecule has 1 heterocycles. The molecule has 2 amide bonds. The molecular weight excluding hydrogens is 408 g/mol. The number of halogens is 1. The fourth-order valence-electron chi connectivity index (χ4n) is 3.01. The van der Waals surface area contributed by atoms with E-state index in [1.807, 2.05) is 13.8 Å². The molecule has 0 unspecified atom stereocenters. The average Bonchev–Trinajstić information content (AvgIpc) is 2.73. The van der Waals surface area contributed by atoms with Gasteiger partial charge in [-0.25, -0.2) is 0 Å². The largest absolute Gasteiger partial charge is 0.485 e. The van der Waals surface area contributed by atoms with Crippen molar-refractivity contribution >= 4 is 34.9 Å². The van der Waals surface area contributed by atoms with Gasteiger partial charge in [0.05, 0.1) is 5.69 Å². The lowest BCUT2D eigenvalue weighted by Gasteiger charge is -2.29. The lowest BCUT2D eigenvalue weighted by molar-refractivity contribution is -0.125. The highest BCUT2D eigenvalue weighted by molar-refractivity contribution is 6.30. The van der Waals surface area contributed by atoms with Crippen LogP contribution in [0, 0.1) is 6.92 Å². The van der Waals surface area contributed by atoms with Gasteiger partial charge in [-0.15, -0.1) is 0 Å². The number of nitrogens with zero attached hydrogens (tertiary/aromatic N) is 1. The number of fused-ring (bicyclic) bond motifs is 1. The molecule has 7 nitrogen and oxygen atoms in total. The molecule has 2 aromatic carbocycles. The van der Waals surface area contributed by atoms with Crippen LogP contribution < -0.4 is 19.7 Å². The number of hydrogen-bond acceptors (Lipinski definition) is 5. The van der Waals surface area contributed by atoms with Gasteiger partial charge in [0.1, 0.15) is 18.0 Å². The van der Waals surface area contributed by atoms with Gasteiger partial charge < -0.3 is 14.8 Å². The van der Waals surface area contributed by atoms with Crippen molar-refractivity contribution in [1.82, 2.24) is 5.32 Å². The van der Waals surface area contributed by atoms with Gasteiger partial charge >= 0.3 is 0 Å². The van der Waals surface area contributed by atoms with Gasteiger partial charge in [-0.1, -0.05) is 18.5 Å². The summed E-state index contributed by atoms with van der Waals surface area (Å²) in [5.74, 6) is 0.144. The molecule has 3 rings (SSSR count). The molecule has 0 spiro atoms. The average molecular weight is 431 g/mol. The highest BCUT2D eigenvalue weighted by atomic mass is 35.5. The molecule has 0 fully saturated rings. The predicted octanol–water partition coefficient (Wildman–Crippen LogP) is 3.16. The summed E-state index contributed by atoms with van der Waals surface area (Å²) in [5.41, 5.74) is 1.58. The highest BCUT2D eigenvalue weighted by Gasteiger charge is 2.28. The lowest BCUT2D eigenvalue weighted by Crippen LogP contribution is -2.45. The molecule has 1 aliphatic heterocycles. The van der Waals surface area contributed by atoms with Crippen LogP contribution in [0.4, 0.5) is 5.69 Å². The van der Waals surface area contributed by atoms with Gasteiger partial charge in [-0.3, -0.25) is 19.3 Å². The first-order valence-corrected chi connectivity index (χ1v) is 10.0. The minimum atomic E-state index is -0.341. The van der Waals surface area contributed by atoms with Crippen LogP contribution in [0.3, 0.4) is 0 Å². The fraction of sp³-hybridized carbons (Fsp3) is 0.318. The summed E-state index contributed by atoms with van der Waals surface area (Å²) in [6.07, 6.45) is 0.797. The van der Waals surface area contributed by atoms with E-state index in [9.17, 15) is 14.4 Å². The summed E-state index contributed by atoms with van der Waals surface area (Å²) >= 11 is 5.94. The van der Waals surface area contributed by atoms with Crippen molar-refractivity contribution in [3.63, 3.8) is 0 Å². The third-order valence-electron chi connectivity index (χ3n) is 4.59. The van der Waals surface area contributed by atoms with Crippen molar-refractivity contribution in [1.29, 1.82) is 0 Å². The Labute approximate surface area is 179 Å². The number of ether oxygens (including phenoxy) is 2. The van der Waals surface area contributed by atoms with Gasteiger partial charge in [0.2, 0.25) is 5.91 Å². The molecule has 0 aromatic heterocycles. The van der Waals surface area contributed by atoms with Crippen LogP contribution in [-0.4, -0.2) is 43.9 Å². The molecule has 0 saturated carbocycles. The number of aryl methyl sites for hydroxylation is 1. The number of benzene rings is 2. The molecule has 0 radical (unpaired) electrons. The number of carbonyl (C=O) groups is 3. The van der Waals surface area contributed by atoms with Gasteiger partial charge in [-0.2, -0.15) is 0 Å². The Balaban J connectivity index is 1.75. The lowest BCUT2D eigenvalue weighted by atomic mass is 10.1. The standard InChI is InChI=1S/C22H23ClN2O5/c1-3-8-24-21(27)11-25-17-10-15(4-6-20(17)30-13-22(25)28)18(26)12-29-19-7-5-16(23)9-14(19)2/h4-7,9-10H,3,8,11-13H2,1-2H3,(H,24,27). The maximum absolute atomic E-state index is 12.7. The van der Waals surface area contributed by atoms with Crippen LogP contribution in [0.2, 0.25) is 5.02 Å². The van der Waals surface area contributed by atoms with E-state index in [1.165, 1.54) is 4.90 Å². The summed E-state index contributed by atoms with van der Waals surface area (Å²) in [7, 11) is 0. The van der Waals surface area contributed by atoms with Crippen LogP contribution in [0.15, 0.2) is 36.4 Å². The highest BCUT2D eigenvalue weighted by Crippen LogP contribution is 2.33. The first kappa shape index (κ1) is 21.6. The second kappa shape index (κ2) is 9.63. The van der Waals surface area contributed by atoms with E-state index in [2.05, 4.69) is 5.32 Å². The SMILES string of the molecule is CCCNC(=O)CN1C(=O)COc2ccc(C(=O)COc3ccc(Cl)cc3C)cc21. The number of carbonyl (C=O) groups excluding carboxylic acids is 3. The Morgan fingerprint density at radius 2 is 2.03 bits per heavy atom. The van der Waals surface area contributed by atoms with E-state index >= 15 is 0 Å². The molecule has 1 aliphatic rings. The van der Waals surface area contributed by atoms with Gasteiger partial charge in [-0.05, 0) is 55.3 Å². The van der Waals surface area contributed by atoms with Crippen LogP contribution in [0.5, 0.6) is 11.5 Å². The Morgan fingerprint density at radius 3 is 2.77 bits per heavy atom. The number of Topliss-reactive ketones (excluding diaryl/α,β-unsaturated/α-hetero) is 1. The smallest absolute Gasteiger partial charge is 0.265 e. The van der Waals surface area contributed by atoms with Crippen molar-refractivity contribution in [2.45, 2.75) is 20.3 Å². The van der Waals surface area contributed by atoms with Gasteiger partial charge in [0.25, 0.3) is 5.91 Å². The maximum atomic E-state index is 12.7. The van der Waals surface area contributed by atoms with Crippen LogP contribution in [0.25, 0.3) is 0 Å². The zero-order chi connectivity index (χ0) is 21.7. The molecule has 0 atom stereocenters. The zero-order valence-electron chi connectivity index (χ0n) is 16.9. The van der Waals surface area contributed by atoms with E-state index in [0.29, 0.717) is 34.3 Å². The van der Waals surface area contributed by atoms with Crippen molar-refractivity contribution in [2.24, 2.45) is 0 Å². The predicted molar refractivity (Wildman–Crippen MR) is 114 cm³/mol. The van der Waals surface area contributed by atoms with Gasteiger partial charge in [0, 0.05) is 17.1 Å². The third-order valence-corrected chi connectivity index (χ3v) is 4.83. The Morgan fingerprint density at radius 1 is 1.23 bits per heavy atom. The van der Waals surface area contributed by atoms with Crippen molar-refractivity contribution in [3.8, 4) is 11.5 Å². The fourth-order valence-corrected chi connectivity index (χ4v) is 3.24. The molecule has 30 heavy (non-hydrogen) atoms. The summed E-state index contributed by atoms with van der Waals surface area (Å²) < 4.78 is 11.1. The second-order valence-electron chi connectivity index (χ2n) is 6.92. The molecule has 158 valence electrons. The molecule has 0 bridgehead atoms. The molecule has 1 N–H and O–H groups in total. The Bertz CT molecular complexity index is 976. The van der Waals surface area contributed by atoms with E-state index in [1.54, 1.807) is 36.4 Å². The van der Waals surface area contributed by atoms with Crippen LogP contribution >= 0.6 is 11.6 Å². The molecule has 0 aliphatic carbocycles. The number of anilines is 1.